The fourth-order valence-corrected chi connectivity index (χ4v) is 2.01. The summed E-state index contributed by atoms with van der Waals surface area (Å²) in [7, 11) is 0. The van der Waals surface area contributed by atoms with Crippen LogP contribution in [0.15, 0.2) is 35.2 Å². The second-order valence-corrected chi connectivity index (χ2v) is 4.50. The van der Waals surface area contributed by atoms with Gasteiger partial charge in [-0.2, -0.15) is 0 Å². The fourth-order valence-electron chi connectivity index (χ4n) is 1.60. The van der Waals surface area contributed by atoms with Crippen molar-refractivity contribution in [3.8, 4) is 0 Å². The van der Waals surface area contributed by atoms with Crippen LogP contribution in [0.5, 0.6) is 0 Å². The average molecular weight is 280 g/mol. The van der Waals surface area contributed by atoms with E-state index in [0.717, 1.165) is 23.1 Å². The van der Waals surface area contributed by atoms with Gasteiger partial charge in [0, 0.05) is 16.4 Å². The van der Waals surface area contributed by atoms with E-state index in [4.69, 9.17) is 0 Å². The molecule has 1 heterocycles. The molecule has 0 aliphatic rings. The van der Waals surface area contributed by atoms with Crippen LogP contribution >= 0.6 is 15.9 Å². The lowest BCUT2D eigenvalue weighted by atomic mass is 10.1. The van der Waals surface area contributed by atoms with Crippen LogP contribution in [0.2, 0.25) is 0 Å². The Labute approximate surface area is 103 Å². The Morgan fingerprint density at radius 1 is 1.44 bits per heavy atom. The maximum Gasteiger partial charge on any atom is 0.0922 e. The number of aromatic amines is 1. The van der Waals surface area contributed by atoms with Crippen molar-refractivity contribution in [1.82, 2.24) is 9.97 Å². The van der Waals surface area contributed by atoms with Crippen molar-refractivity contribution in [2.24, 2.45) is 0 Å². The first-order valence-corrected chi connectivity index (χ1v) is 6.08. The molecule has 84 valence electrons. The third-order valence-corrected chi connectivity index (χ3v) is 2.97. The number of hydrogen-bond acceptors (Lipinski definition) is 2. The van der Waals surface area contributed by atoms with E-state index in [1.165, 1.54) is 11.3 Å². The molecule has 0 unspecified atom stereocenters. The summed E-state index contributed by atoms with van der Waals surface area (Å²) in [5.74, 6) is 0. The van der Waals surface area contributed by atoms with E-state index in [9.17, 15) is 0 Å². The Bertz CT molecular complexity index is 451. The zero-order valence-corrected chi connectivity index (χ0v) is 10.7. The van der Waals surface area contributed by atoms with Gasteiger partial charge in [0.05, 0.1) is 18.6 Å². The number of aromatic nitrogens is 2. The SMILES string of the molecule is CCc1cc(Br)ccc1NCc1cnc[nH]1. The first kappa shape index (κ1) is 11.2. The molecule has 0 saturated carbocycles. The van der Waals surface area contributed by atoms with E-state index >= 15 is 0 Å². The highest BCUT2D eigenvalue weighted by atomic mass is 79.9. The van der Waals surface area contributed by atoms with E-state index in [1.54, 1.807) is 6.33 Å². The topological polar surface area (TPSA) is 40.7 Å². The molecule has 0 saturated heterocycles. The van der Waals surface area contributed by atoms with Crippen molar-refractivity contribution < 1.29 is 0 Å². The molecule has 1 aromatic heterocycles. The summed E-state index contributed by atoms with van der Waals surface area (Å²) >= 11 is 3.48. The Morgan fingerprint density at radius 3 is 3.00 bits per heavy atom. The van der Waals surface area contributed by atoms with Gasteiger partial charge in [0.15, 0.2) is 0 Å². The second-order valence-electron chi connectivity index (χ2n) is 3.59. The monoisotopic (exact) mass is 279 g/mol. The van der Waals surface area contributed by atoms with Crippen molar-refractivity contribution in [3.05, 3.63) is 46.5 Å². The molecule has 0 radical (unpaired) electrons. The van der Waals surface area contributed by atoms with Gasteiger partial charge in [-0.05, 0) is 30.2 Å². The van der Waals surface area contributed by atoms with Crippen molar-refractivity contribution in [2.45, 2.75) is 19.9 Å². The van der Waals surface area contributed by atoms with Gasteiger partial charge < -0.3 is 10.3 Å². The Hall–Kier alpha value is -1.29. The normalized spacial score (nSPS) is 10.4. The van der Waals surface area contributed by atoms with E-state index in [0.29, 0.717) is 0 Å². The number of anilines is 1. The van der Waals surface area contributed by atoms with Crippen LogP contribution in [0.4, 0.5) is 5.69 Å². The van der Waals surface area contributed by atoms with Crippen LogP contribution in [0.25, 0.3) is 0 Å². The number of imidazole rings is 1. The van der Waals surface area contributed by atoms with Gasteiger partial charge in [-0.15, -0.1) is 0 Å². The standard InChI is InChI=1S/C12H14BrN3/c1-2-9-5-10(13)3-4-12(9)15-7-11-6-14-8-16-11/h3-6,8,15H,2,7H2,1H3,(H,14,16). The van der Waals surface area contributed by atoms with Gasteiger partial charge in [-0.1, -0.05) is 22.9 Å². The summed E-state index contributed by atoms with van der Waals surface area (Å²) in [5, 5.41) is 3.40. The summed E-state index contributed by atoms with van der Waals surface area (Å²) in [6.45, 7) is 2.93. The summed E-state index contributed by atoms with van der Waals surface area (Å²) in [5.41, 5.74) is 3.58. The van der Waals surface area contributed by atoms with Crippen LogP contribution in [-0.4, -0.2) is 9.97 Å². The zero-order valence-electron chi connectivity index (χ0n) is 9.13. The fraction of sp³-hybridized carbons (Fsp3) is 0.250. The minimum absolute atomic E-state index is 0.772. The highest BCUT2D eigenvalue weighted by molar-refractivity contribution is 9.10. The first-order valence-electron chi connectivity index (χ1n) is 5.29. The second kappa shape index (κ2) is 5.16. The van der Waals surface area contributed by atoms with Crippen LogP contribution in [-0.2, 0) is 13.0 Å². The van der Waals surface area contributed by atoms with Gasteiger partial charge in [0.1, 0.15) is 0 Å². The predicted octanol–water partition coefficient (Wildman–Crippen LogP) is 3.35. The number of aryl methyl sites for hydroxylation is 1. The molecule has 2 rings (SSSR count). The molecule has 2 aromatic rings. The molecule has 0 aliphatic carbocycles. The highest BCUT2D eigenvalue weighted by Gasteiger charge is 2.01. The molecule has 0 bridgehead atoms. The van der Waals surface area contributed by atoms with E-state index in [-0.39, 0.29) is 0 Å². The largest absolute Gasteiger partial charge is 0.379 e. The predicted molar refractivity (Wildman–Crippen MR) is 69.4 cm³/mol. The van der Waals surface area contributed by atoms with Crippen LogP contribution in [0.3, 0.4) is 0 Å². The number of H-pyrrole nitrogens is 1. The lowest BCUT2D eigenvalue weighted by molar-refractivity contribution is 1.05. The van der Waals surface area contributed by atoms with Crippen molar-refractivity contribution >= 4 is 21.6 Å². The first-order chi connectivity index (χ1) is 7.79. The molecular formula is C12H14BrN3. The molecule has 3 nitrogen and oxygen atoms in total. The van der Waals surface area contributed by atoms with E-state index < -0.39 is 0 Å². The molecule has 1 aromatic carbocycles. The smallest absolute Gasteiger partial charge is 0.0922 e. The lowest BCUT2D eigenvalue weighted by Crippen LogP contribution is -2.02. The molecule has 2 N–H and O–H groups in total. The van der Waals surface area contributed by atoms with Crippen LogP contribution < -0.4 is 5.32 Å². The van der Waals surface area contributed by atoms with Gasteiger partial charge in [0.25, 0.3) is 0 Å². The molecule has 0 atom stereocenters. The molecule has 0 aliphatic heterocycles. The summed E-state index contributed by atoms with van der Waals surface area (Å²) in [4.78, 5) is 7.06. The molecule has 4 heteroatoms. The number of nitrogens with zero attached hydrogens (tertiary/aromatic N) is 1. The summed E-state index contributed by atoms with van der Waals surface area (Å²) in [6.07, 6.45) is 4.54. The Morgan fingerprint density at radius 2 is 2.31 bits per heavy atom. The maximum absolute atomic E-state index is 3.99. The van der Waals surface area contributed by atoms with Crippen LogP contribution in [0, 0.1) is 0 Å². The maximum atomic E-state index is 3.99. The zero-order chi connectivity index (χ0) is 11.4. The minimum atomic E-state index is 0.772. The van der Waals surface area contributed by atoms with Crippen molar-refractivity contribution in [3.63, 3.8) is 0 Å². The van der Waals surface area contributed by atoms with Gasteiger partial charge >= 0.3 is 0 Å². The van der Waals surface area contributed by atoms with Crippen LogP contribution in [0.1, 0.15) is 18.2 Å². The van der Waals surface area contributed by atoms with E-state index in [1.807, 2.05) is 6.20 Å². The number of nitrogens with one attached hydrogen (secondary N) is 2. The quantitative estimate of drug-likeness (QED) is 0.901. The summed E-state index contributed by atoms with van der Waals surface area (Å²) in [6, 6.07) is 6.29. The molecule has 0 fully saturated rings. The Kier molecular flexibility index (Phi) is 3.62. The molecular weight excluding hydrogens is 266 g/mol. The summed E-state index contributed by atoms with van der Waals surface area (Å²) < 4.78 is 1.12. The number of hydrogen-bond donors (Lipinski definition) is 2. The minimum Gasteiger partial charge on any atom is -0.379 e. The molecule has 0 spiro atoms. The Balaban J connectivity index is 2.09. The molecule has 0 amide bonds. The van der Waals surface area contributed by atoms with Crippen molar-refractivity contribution in [1.29, 1.82) is 0 Å². The average Bonchev–Trinajstić information content (AvgIpc) is 2.80. The molecule has 16 heavy (non-hydrogen) atoms. The highest BCUT2D eigenvalue weighted by Crippen LogP contribution is 2.21. The van der Waals surface area contributed by atoms with Crippen molar-refractivity contribution in [2.75, 3.05) is 5.32 Å². The van der Waals surface area contributed by atoms with Gasteiger partial charge in [-0.3, -0.25) is 0 Å². The third-order valence-electron chi connectivity index (χ3n) is 2.47. The lowest BCUT2D eigenvalue weighted by Gasteiger charge is -2.10. The van der Waals surface area contributed by atoms with Gasteiger partial charge in [0.2, 0.25) is 0 Å². The third kappa shape index (κ3) is 2.64. The van der Waals surface area contributed by atoms with E-state index in [2.05, 4.69) is 56.3 Å². The number of rotatable bonds is 4. The number of halogens is 1. The number of benzene rings is 1. The van der Waals surface area contributed by atoms with Gasteiger partial charge in [-0.25, -0.2) is 4.98 Å².